The van der Waals surface area contributed by atoms with Gasteiger partial charge in [-0.3, -0.25) is 4.79 Å². The zero-order valence-corrected chi connectivity index (χ0v) is 16.4. The van der Waals surface area contributed by atoms with Gasteiger partial charge in [0.05, 0.1) is 0 Å². The van der Waals surface area contributed by atoms with Crippen LogP contribution in [-0.2, 0) is 4.79 Å². The number of carbonyl (C=O) groups excluding carboxylic acids is 2. The number of benzene rings is 1. The lowest BCUT2D eigenvalue weighted by atomic mass is 10.2. The fraction of sp³-hybridized carbons (Fsp3) is 0.368. The van der Waals surface area contributed by atoms with Crippen LogP contribution in [0.2, 0.25) is 5.02 Å². The lowest BCUT2D eigenvalue weighted by Gasteiger charge is -2.34. The van der Waals surface area contributed by atoms with Gasteiger partial charge < -0.3 is 20.4 Å². The lowest BCUT2D eigenvalue weighted by molar-refractivity contribution is -0.131. The number of piperazine rings is 1. The number of hydrogen-bond donors (Lipinski definition) is 2. The number of urea groups is 1. The van der Waals surface area contributed by atoms with E-state index in [-0.39, 0.29) is 24.9 Å². The van der Waals surface area contributed by atoms with Crippen LogP contribution in [0.15, 0.2) is 36.7 Å². The van der Waals surface area contributed by atoms with Crippen molar-refractivity contribution >= 4 is 35.2 Å². The molecule has 0 atom stereocenters. The molecule has 0 radical (unpaired) electrons. The number of nitrogens with zero attached hydrogens (tertiary/aromatic N) is 4. The molecule has 3 amide bonds. The van der Waals surface area contributed by atoms with Crippen molar-refractivity contribution in [3.63, 3.8) is 0 Å². The van der Waals surface area contributed by atoms with Crippen molar-refractivity contribution < 1.29 is 9.59 Å². The average molecular weight is 403 g/mol. The summed E-state index contributed by atoms with van der Waals surface area (Å²) in [7, 11) is 0. The van der Waals surface area contributed by atoms with Crippen molar-refractivity contribution in [3.05, 3.63) is 47.2 Å². The third-order valence-electron chi connectivity index (χ3n) is 4.53. The van der Waals surface area contributed by atoms with E-state index in [1.54, 1.807) is 36.7 Å². The van der Waals surface area contributed by atoms with Crippen LogP contribution in [0.25, 0.3) is 0 Å². The summed E-state index contributed by atoms with van der Waals surface area (Å²) >= 11 is 5.91. The van der Waals surface area contributed by atoms with Crippen LogP contribution < -0.4 is 15.5 Å². The molecule has 2 heterocycles. The van der Waals surface area contributed by atoms with E-state index < -0.39 is 0 Å². The predicted octanol–water partition coefficient (Wildman–Crippen LogP) is 2.30. The van der Waals surface area contributed by atoms with E-state index in [1.165, 1.54) is 0 Å². The topological polar surface area (TPSA) is 90.5 Å². The highest BCUT2D eigenvalue weighted by molar-refractivity contribution is 6.30. The number of amides is 3. The summed E-state index contributed by atoms with van der Waals surface area (Å²) in [6, 6.07) is 6.68. The molecule has 3 rings (SSSR count). The molecule has 0 saturated carbocycles. The Labute approximate surface area is 168 Å². The second-order valence-corrected chi connectivity index (χ2v) is 6.94. The van der Waals surface area contributed by atoms with E-state index in [0.717, 1.165) is 5.56 Å². The molecule has 1 fully saturated rings. The SMILES string of the molecule is Cc1cc(Cl)ccc1NC(=O)NCCC(=O)N1CCN(c2ncccn2)CC1. The van der Waals surface area contributed by atoms with E-state index in [0.29, 0.717) is 42.8 Å². The Morgan fingerprint density at radius 3 is 2.54 bits per heavy atom. The van der Waals surface area contributed by atoms with Crippen molar-refractivity contribution in [2.24, 2.45) is 0 Å². The predicted molar refractivity (Wildman–Crippen MR) is 109 cm³/mol. The van der Waals surface area contributed by atoms with Gasteiger partial charge in [-0.1, -0.05) is 11.6 Å². The normalized spacial score (nSPS) is 13.9. The van der Waals surface area contributed by atoms with Gasteiger partial charge in [0, 0.05) is 62.2 Å². The first-order chi connectivity index (χ1) is 13.5. The number of halogens is 1. The molecule has 1 aliphatic heterocycles. The van der Waals surface area contributed by atoms with Crippen molar-refractivity contribution in [1.29, 1.82) is 0 Å². The number of rotatable bonds is 5. The molecule has 0 aliphatic carbocycles. The molecule has 0 unspecified atom stereocenters. The molecular formula is C19H23ClN6O2. The molecule has 1 aromatic carbocycles. The van der Waals surface area contributed by atoms with Crippen molar-refractivity contribution in [1.82, 2.24) is 20.2 Å². The van der Waals surface area contributed by atoms with Crippen LogP contribution in [0.4, 0.5) is 16.4 Å². The van der Waals surface area contributed by atoms with Gasteiger partial charge in [0.2, 0.25) is 11.9 Å². The molecule has 8 nitrogen and oxygen atoms in total. The van der Waals surface area contributed by atoms with Gasteiger partial charge in [0.1, 0.15) is 0 Å². The van der Waals surface area contributed by atoms with Gasteiger partial charge in [0.15, 0.2) is 0 Å². The van der Waals surface area contributed by atoms with Gasteiger partial charge in [-0.2, -0.15) is 0 Å². The maximum atomic E-state index is 12.4. The Bertz CT molecular complexity index is 824. The number of hydrogen-bond acceptors (Lipinski definition) is 5. The van der Waals surface area contributed by atoms with Gasteiger partial charge in [-0.05, 0) is 36.8 Å². The number of aryl methyl sites for hydroxylation is 1. The molecule has 28 heavy (non-hydrogen) atoms. The second kappa shape index (κ2) is 9.36. The molecule has 9 heteroatoms. The van der Waals surface area contributed by atoms with Gasteiger partial charge >= 0.3 is 6.03 Å². The van der Waals surface area contributed by atoms with E-state index in [2.05, 4.69) is 25.5 Å². The Morgan fingerprint density at radius 2 is 1.86 bits per heavy atom. The van der Waals surface area contributed by atoms with Crippen LogP contribution in [-0.4, -0.2) is 59.5 Å². The van der Waals surface area contributed by atoms with Crippen LogP contribution in [0.1, 0.15) is 12.0 Å². The maximum Gasteiger partial charge on any atom is 0.319 e. The van der Waals surface area contributed by atoms with Crippen molar-refractivity contribution in [2.45, 2.75) is 13.3 Å². The van der Waals surface area contributed by atoms with Crippen LogP contribution in [0.5, 0.6) is 0 Å². The number of nitrogens with one attached hydrogen (secondary N) is 2. The Kier molecular flexibility index (Phi) is 6.65. The largest absolute Gasteiger partial charge is 0.339 e. The molecular weight excluding hydrogens is 380 g/mol. The van der Waals surface area contributed by atoms with E-state index in [1.807, 2.05) is 11.8 Å². The Hall–Kier alpha value is -2.87. The number of carbonyl (C=O) groups is 2. The summed E-state index contributed by atoms with van der Waals surface area (Å²) in [5.41, 5.74) is 1.56. The van der Waals surface area contributed by atoms with Crippen LogP contribution in [0.3, 0.4) is 0 Å². The van der Waals surface area contributed by atoms with Crippen molar-refractivity contribution in [2.75, 3.05) is 42.9 Å². The van der Waals surface area contributed by atoms with Crippen LogP contribution >= 0.6 is 11.6 Å². The molecule has 2 aromatic rings. The second-order valence-electron chi connectivity index (χ2n) is 6.51. The van der Waals surface area contributed by atoms with E-state index >= 15 is 0 Å². The average Bonchev–Trinajstić information content (AvgIpc) is 2.71. The summed E-state index contributed by atoms with van der Waals surface area (Å²) in [6.07, 6.45) is 3.68. The van der Waals surface area contributed by atoms with E-state index in [9.17, 15) is 9.59 Å². The highest BCUT2D eigenvalue weighted by Crippen LogP contribution is 2.19. The monoisotopic (exact) mass is 402 g/mol. The summed E-state index contributed by atoms with van der Waals surface area (Å²) < 4.78 is 0. The fourth-order valence-electron chi connectivity index (χ4n) is 2.99. The molecule has 2 N–H and O–H groups in total. The molecule has 148 valence electrons. The number of anilines is 2. The van der Waals surface area contributed by atoms with Gasteiger partial charge in [0.25, 0.3) is 0 Å². The lowest BCUT2D eigenvalue weighted by Crippen LogP contribution is -2.49. The van der Waals surface area contributed by atoms with Gasteiger partial charge in [-0.25, -0.2) is 14.8 Å². The Morgan fingerprint density at radius 1 is 1.14 bits per heavy atom. The molecule has 1 aliphatic rings. The van der Waals surface area contributed by atoms with Gasteiger partial charge in [-0.15, -0.1) is 0 Å². The summed E-state index contributed by atoms with van der Waals surface area (Å²) in [6.45, 7) is 4.77. The zero-order valence-electron chi connectivity index (χ0n) is 15.7. The molecule has 0 spiro atoms. The summed E-state index contributed by atoms with van der Waals surface area (Å²) in [5.74, 6) is 0.710. The standard InChI is InChI=1S/C19H23ClN6O2/c1-14-13-15(20)3-4-16(14)24-19(28)23-8-5-17(27)25-9-11-26(12-10-25)18-21-6-2-7-22-18/h2-4,6-7,13H,5,8-12H2,1H3,(H2,23,24,28). The minimum absolute atomic E-state index is 0.0246. The summed E-state index contributed by atoms with van der Waals surface area (Å²) in [5, 5.41) is 6.10. The van der Waals surface area contributed by atoms with Crippen molar-refractivity contribution in [3.8, 4) is 0 Å². The third kappa shape index (κ3) is 5.32. The minimum atomic E-state index is -0.343. The first-order valence-electron chi connectivity index (χ1n) is 9.13. The maximum absolute atomic E-state index is 12.4. The fourth-order valence-corrected chi connectivity index (χ4v) is 3.21. The molecule has 1 aromatic heterocycles. The number of aromatic nitrogens is 2. The Balaban J connectivity index is 1.38. The van der Waals surface area contributed by atoms with E-state index in [4.69, 9.17) is 11.6 Å². The first-order valence-corrected chi connectivity index (χ1v) is 9.51. The highest BCUT2D eigenvalue weighted by Gasteiger charge is 2.22. The smallest absolute Gasteiger partial charge is 0.319 e. The highest BCUT2D eigenvalue weighted by atomic mass is 35.5. The zero-order chi connectivity index (χ0) is 19.9. The minimum Gasteiger partial charge on any atom is -0.339 e. The summed E-state index contributed by atoms with van der Waals surface area (Å²) in [4.78, 5) is 36.7. The quantitative estimate of drug-likeness (QED) is 0.800. The molecule has 0 bridgehead atoms. The first kappa shape index (κ1) is 19.9. The third-order valence-corrected chi connectivity index (χ3v) is 4.76. The van der Waals surface area contributed by atoms with Crippen LogP contribution in [0, 0.1) is 6.92 Å². The molecule has 1 saturated heterocycles.